The lowest BCUT2D eigenvalue weighted by Crippen LogP contribution is -2.19. The summed E-state index contributed by atoms with van der Waals surface area (Å²) in [4.78, 5) is 0. The SMILES string of the molecule is CCC.CNCCOCCNC.[HH].[HH]. The Morgan fingerprint density at radius 3 is 1.58 bits per heavy atom. The smallest absolute Gasteiger partial charge is 0.0591 e. The molecule has 0 saturated heterocycles. The lowest BCUT2D eigenvalue weighted by Gasteiger charge is -2.01. The summed E-state index contributed by atoms with van der Waals surface area (Å²) >= 11 is 0. The van der Waals surface area contributed by atoms with Gasteiger partial charge < -0.3 is 15.4 Å². The summed E-state index contributed by atoms with van der Waals surface area (Å²) in [7, 11) is 3.84. The summed E-state index contributed by atoms with van der Waals surface area (Å²) < 4.78 is 5.19. The summed E-state index contributed by atoms with van der Waals surface area (Å²) in [6.45, 7) is 7.73. The highest BCUT2D eigenvalue weighted by molar-refractivity contribution is 4.38. The van der Waals surface area contributed by atoms with Crippen molar-refractivity contribution in [1.82, 2.24) is 10.6 Å². The van der Waals surface area contributed by atoms with Crippen molar-refractivity contribution < 1.29 is 7.59 Å². The van der Waals surface area contributed by atoms with Crippen molar-refractivity contribution in [3.63, 3.8) is 0 Å². The van der Waals surface area contributed by atoms with Gasteiger partial charge in [-0.3, -0.25) is 0 Å². The molecule has 0 amide bonds. The van der Waals surface area contributed by atoms with E-state index in [-0.39, 0.29) is 2.85 Å². The van der Waals surface area contributed by atoms with Gasteiger partial charge in [0, 0.05) is 15.9 Å². The van der Waals surface area contributed by atoms with E-state index in [0.29, 0.717) is 0 Å². The van der Waals surface area contributed by atoms with Gasteiger partial charge >= 0.3 is 0 Å². The molecule has 12 heavy (non-hydrogen) atoms. The van der Waals surface area contributed by atoms with E-state index in [1.165, 1.54) is 6.42 Å². The Hall–Kier alpha value is -0.120. The second-order valence-electron chi connectivity index (χ2n) is 2.53. The zero-order valence-electron chi connectivity index (χ0n) is 8.94. The molecule has 0 aliphatic rings. The largest absolute Gasteiger partial charge is 0.379 e. The van der Waals surface area contributed by atoms with Gasteiger partial charge in [0.25, 0.3) is 0 Å². The molecule has 2 N–H and O–H groups in total. The van der Waals surface area contributed by atoms with Crippen LogP contribution >= 0.6 is 0 Å². The standard InChI is InChI=1S/C6H16N2O.C3H8.2H2/c1-7-3-5-9-6-4-8-2;1-3-2;;/h7-8H,3-6H2,1-2H3;3H2,1-2H3;2*1H. The zero-order chi connectivity index (χ0) is 9.66. The van der Waals surface area contributed by atoms with Crippen LogP contribution in [0.2, 0.25) is 0 Å². The van der Waals surface area contributed by atoms with Gasteiger partial charge in [-0.1, -0.05) is 20.3 Å². The Morgan fingerprint density at radius 1 is 1.00 bits per heavy atom. The third kappa shape index (κ3) is 22.5. The van der Waals surface area contributed by atoms with E-state index in [9.17, 15) is 0 Å². The van der Waals surface area contributed by atoms with Crippen molar-refractivity contribution in [2.45, 2.75) is 20.3 Å². The molecular weight excluding hydrogens is 152 g/mol. The summed E-state index contributed by atoms with van der Waals surface area (Å²) in [5.74, 6) is 0. The van der Waals surface area contributed by atoms with E-state index in [1.807, 2.05) is 14.1 Å². The van der Waals surface area contributed by atoms with E-state index in [2.05, 4.69) is 24.5 Å². The second kappa shape index (κ2) is 17.1. The molecule has 0 aliphatic carbocycles. The number of nitrogens with one attached hydrogen (secondary N) is 2. The number of hydrogen-bond acceptors (Lipinski definition) is 3. The molecule has 0 spiro atoms. The average molecular weight is 180 g/mol. The van der Waals surface area contributed by atoms with Crippen LogP contribution in [0.4, 0.5) is 0 Å². The van der Waals surface area contributed by atoms with Crippen molar-refractivity contribution in [2.24, 2.45) is 0 Å². The Balaban J connectivity index is -0.0000000891. The molecule has 0 fully saturated rings. The molecule has 0 bridgehead atoms. The third-order valence-corrected chi connectivity index (χ3v) is 0.993. The molecule has 0 aromatic rings. The van der Waals surface area contributed by atoms with Gasteiger partial charge in [-0.15, -0.1) is 0 Å². The molecule has 0 aromatic heterocycles. The van der Waals surface area contributed by atoms with E-state index in [1.54, 1.807) is 0 Å². The number of rotatable bonds is 6. The monoisotopic (exact) mass is 180 g/mol. The molecule has 80 valence electrons. The molecule has 3 nitrogen and oxygen atoms in total. The summed E-state index contributed by atoms with van der Waals surface area (Å²) in [5, 5.41) is 6.00. The molecule has 0 aromatic carbocycles. The summed E-state index contributed by atoms with van der Waals surface area (Å²) in [5.41, 5.74) is 0. The maximum Gasteiger partial charge on any atom is 0.0591 e. The molecule has 3 heteroatoms. The Kier molecular flexibility index (Phi) is 20.5. The van der Waals surface area contributed by atoms with Crippen molar-refractivity contribution in [1.29, 1.82) is 0 Å². The molecule has 0 saturated carbocycles. The molecule has 0 rings (SSSR count). The van der Waals surface area contributed by atoms with Gasteiger partial charge in [0.05, 0.1) is 13.2 Å². The zero-order valence-corrected chi connectivity index (χ0v) is 8.94. The van der Waals surface area contributed by atoms with Gasteiger partial charge in [-0.05, 0) is 14.1 Å². The highest BCUT2D eigenvalue weighted by Crippen LogP contribution is 1.69. The lowest BCUT2D eigenvalue weighted by atomic mass is 10.6. The van der Waals surface area contributed by atoms with Crippen LogP contribution in [0.5, 0.6) is 0 Å². The van der Waals surface area contributed by atoms with Crippen LogP contribution in [0.3, 0.4) is 0 Å². The lowest BCUT2D eigenvalue weighted by molar-refractivity contribution is 0.140. The molecule has 0 heterocycles. The van der Waals surface area contributed by atoms with E-state index < -0.39 is 0 Å². The highest BCUT2D eigenvalue weighted by Gasteiger charge is 1.83. The second-order valence-corrected chi connectivity index (χ2v) is 2.53. The quantitative estimate of drug-likeness (QED) is 0.605. The first-order valence-corrected chi connectivity index (χ1v) is 4.70. The minimum absolute atomic E-state index is 0. The van der Waals surface area contributed by atoms with Crippen molar-refractivity contribution >= 4 is 0 Å². The van der Waals surface area contributed by atoms with E-state index >= 15 is 0 Å². The molecule has 0 radical (unpaired) electrons. The van der Waals surface area contributed by atoms with Crippen LogP contribution < -0.4 is 10.6 Å². The maximum atomic E-state index is 5.19. The minimum atomic E-state index is 0. The topological polar surface area (TPSA) is 33.3 Å². The molecule has 0 atom stereocenters. The van der Waals surface area contributed by atoms with Crippen molar-refractivity contribution in [3.8, 4) is 0 Å². The van der Waals surface area contributed by atoms with Crippen LogP contribution in [0, 0.1) is 0 Å². The van der Waals surface area contributed by atoms with Crippen molar-refractivity contribution in [3.05, 3.63) is 0 Å². The Labute approximate surface area is 79.8 Å². The number of hydrogen-bond donors (Lipinski definition) is 2. The van der Waals surface area contributed by atoms with Crippen LogP contribution in [-0.2, 0) is 4.74 Å². The van der Waals surface area contributed by atoms with E-state index in [4.69, 9.17) is 4.74 Å². The van der Waals surface area contributed by atoms with Gasteiger partial charge in [0.1, 0.15) is 0 Å². The predicted octanol–water partition coefficient (Wildman–Crippen LogP) is 1.35. The summed E-state index contributed by atoms with van der Waals surface area (Å²) in [6.07, 6.45) is 1.25. The maximum absolute atomic E-state index is 5.19. The normalized spacial score (nSPS) is 9.00. The molecular formula is C9H28N2O. The molecule has 0 aliphatic heterocycles. The van der Waals surface area contributed by atoms with Gasteiger partial charge in [-0.25, -0.2) is 0 Å². The van der Waals surface area contributed by atoms with Gasteiger partial charge in [-0.2, -0.15) is 0 Å². The minimum Gasteiger partial charge on any atom is -0.379 e. The first-order valence-electron chi connectivity index (χ1n) is 4.70. The number of ether oxygens (including phenoxy) is 1. The first kappa shape index (κ1) is 14.4. The Bertz CT molecular complexity index is 62.8. The van der Waals surface area contributed by atoms with Crippen LogP contribution in [-0.4, -0.2) is 40.4 Å². The van der Waals surface area contributed by atoms with Crippen LogP contribution in [0.1, 0.15) is 23.1 Å². The summed E-state index contributed by atoms with van der Waals surface area (Å²) in [6, 6.07) is 0. The fourth-order valence-electron chi connectivity index (χ4n) is 0.451. The Morgan fingerprint density at radius 2 is 1.33 bits per heavy atom. The highest BCUT2D eigenvalue weighted by atomic mass is 16.5. The number of likely N-dealkylation sites (N-methyl/N-ethyl adjacent to an activating group) is 2. The van der Waals surface area contributed by atoms with Gasteiger partial charge in [0.2, 0.25) is 0 Å². The van der Waals surface area contributed by atoms with Gasteiger partial charge in [0.15, 0.2) is 0 Å². The predicted molar refractivity (Wildman–Crippen MR) is 58.9 cm³/mol. The first-order chi connectivity index (χ1) is 5.83. The molecule has 0 unspecified atom stereocenters. The van der Waals surface area contributed by atoms with Crippen LogP contribution in [0.25, 0.3) is 0 Å². The fourth-order valence-corrected chi connectivity index (χ4v) is 0.451. The fraction of sp³-hybridized carbons (Fsp3) is 1.00. The van der Waals surface area contributed by atoms with E-state index in [0.717, 1.165) is 26.3 Å². The average Bonchev–Trinajstić information content (AvgIpc) is 2.06. The third-order valence-electron chi connectivity index (χ3n) is 0.993. The van der Waals surface area contributed by atoms with Crippen LogP contribution in [0.15, 0.2) is 0 Å². The van der Waals surface area contributed by atoms with Crippen molar-refractivity contribution in [2.75, 3.05) is 40.4 Å².